The van der Waals surface area contributed by atoms with Crippen LogP contribution in [0.4, 0.5) is 0 Å². The van der Waals surface area contributed by atoms with Crippen LogP contribution in [0.25, 0.3) is 6.08 Å². The van der Waals surface area contributed by atoms with E-state index in [1.54, 1.807) is 36.1 Å². The maximum absolute atomic E-state index is 12.1. The lowest BCUT2D eigenvalue weighted by molar-refractivity contribution is -0.117. The van der Waals surface area contributed by atoms with Gasteiger partial charge in [0.25, 0.3) is 5.91 Å². The molecular weight excluding hydrogens is 296 g/mol. The summed E-state index contributed by atoms with van der Waals surface area (Å²) in [5.74, 6) is 0.906. The molecule has 1 amide bonds. The van der Waals surface area contributed by atoms with Crippen molar-refractivity contribution in [3.8, 4) is 17.6 Å². The Kier molecular flexibility index (Phi) is 3.97. The maximum Gasteiger partial charge on any atom is 0.262 e. The van der Waals surface area contributed by atoms with Crippen molar-refractivity contribution in [1.82, 2.24) is 15.1 Å². The standard InChI is InChI=1S/C16H14N4O3/c1-20-13(4-5-19-20)7-12(8-17)16(21)18-9-11-2-3-14-15(6-11)23-10-22-14/h2-7H,9-10H2,1H3,(H,18,21)/b12-7+. The lowest BCUT2D eigenvalue weighted by Gasteiger charge is -2.05. The van der Waals surface area contributed by atoms with E-state index in [0.29, 0.717) is 23.7 Å². The molecule has 116 valence electrons. The minimum Gasteiger partial charge on any atom is -0.454 e. The molecule has 1 aliphatic heterocycles. The number of aryl methyl sites for hydroxylation is 1. The largest absolute Gasteiger partial charge is 0.454 e. The van der Waals surface area contributed by atoms with E-state index < -0.39 is 5.91 Å². The van der Waals surface area contributed by atoms with Crippen molar-refractivity contribution in [3.63, 3.8) is 0 Å². The summed E-state index contributed by atoms with van der Waals surface area (Å²) < 4.78 is 12.1. The van der Waals surface area contributed by atoms with E-state index in [9.17, 15) is 4.79 Å². The van der Waals surface area contributed by atoms with Crippen LogP contribution in [0, 0.1) is 11.3 Å². The third-order valence-electron chi connectivity index (χ3n) is 3.41. The predicted molar refractivity (Wildman–Crippen MR) is 81.2 cm³/mol. The number of hydrogen-bond acceptors (Lipinski definition) is 5. The number of nitrogens with zero attached hydrogens (tertiary/aromatic N) is 3. The van der Waals surface area contributed by atoms with Crippen LogP contribution >= 0.6 is 0 Å². The van der Waals surface area contributed by atoms with Crippen molar-refractivity contribution in [1.29, 1.82) is 5.26 Å². The Bertz CT molecular complexity index is 817. The molecule has 7 nitrogen and oxygen atoms in total. The zero-order chi connectivity index (χ0) is 16.2. The Labute approximate surface area is 132 Å². The SMILES string of the molecule is Cn1nccc1/C=C(\C#N)C(=O)NCc1ccc2c(c1)OCO2. The fourth-order valence-electron chi connectivity index (χ4n) is 2.15. The first kappa shape index (κ1) is 14.7. The highest BCUT2D eigenvalue weighted by molar-refractivity contribution is 6.01. The molecular formula is C16H14N4O3. The number of rotatable bonds is 4. The van der Waals surface area contributed by atoms with Gasteiger partial charge in [-0.15, -0.1) is 0 Å². The van der Waals surface area contributed by atoms with Crippen LogP contribution in [0.3, 0.4) is 0 Å². The predicted octanol–water partition coefficient (Wildman–Crippen LogP) is 1.37. The first-order valence-corrected chi connectivity index (χ1v) is 6.94. The van der Waals surface area contributed by atoms with Gasteiger partial charge < -0.3 is 14.8 Å². The first-order chi connectivity index (χ1) is 11.2. The Morgan fingerprint density at radius 3 is 3.00 bits per heavy atom. The maximum atomic E-state index is 12.1. The smallest absolute Gasteiger partial charge is 0.262 e. The molecule has 0 aliphatic carbocycles. The fraction of sp³-hybridized carbons (Fsp3) is 0.188. The quantitative estimate of drug-likeness (QED) is 0.680. The summed E-state index contributed by atoms with van der Waals surface area (Å²) >= 11 is 0. The lowest BCUT2D eigenvalue weighted by Crippen LogP contribution is -2.24. The number of aromatic nitrogens is 2. The second-order valence-electron chi connectivity index (χ2n) is 4.92. The minimum atomic E-state index is -0.439. The first-order valence-electron chi connectivity index (χ1n) is 6.94. The Morgan fingerprint density at radius 2 is 2.26 bits per heavy atom. The van der Waals surface area contributed by atoms with Crippen LogP contribution in [-0.2, 0) is 18.4 Å². The second-order valence-corrected chi connectivity index (χ2v) is 4.92. The summed E-state index contributed by atoms with van der Waals surface area (Å²) in [4.78, 5) is 12.1. The number of hydrogen-bond donors (Lipinski definition) is 1. The molecule has 0 bridgehead atoms. The van der Waals surface area contributed by atoms with Crippen LogP contribution in [0.1, 0.15) is 11.3 Å². The lowest BCUT2D eigenvalue weighted by atomic mass is 10.2. The number of carbonyl (C=O) groups excluding carboxylic acids is 1. The van der Waals surface area contributed by atoms with Gasteiger partial charge >= 0.3 is 0 Å². The van der Waals surface area contributed by atoms with Crippen molar-refractivity contribution in [2.24, 2.45) is 7.05 Å². The Hall–Kier alpha value is -3.27. The third kappa shape index (κ3) is 3.16. The number of fused-ring (bicyclic) bond motifs is 1. The van der Waals surface area contributed by atoms with Crippen LogP contribution in [0.5, 0.6) is 11.5 Å². The molecule has 0 radical (unpaired) electrons. The van der Waals surface area contributed by atoms with Crippen LogP contribution in [0.15, 0.2) is 36.0 Å². The molecule has 2 heterocycles. The molecule has 0 fully saturated rings. The molecule has 0 saturated heterocycles. The molecule has 1 aromatic carbocycles. The van der Waals surface area contributed by atoms with E-state index >= 15 is 0 Å². The van der Waals surface area contributed by atoms with Crippen molar-refractivity contribution in [3.05, 3.63) is 47.3 Å². The number of carbonyl (C=O) groups is 1. The highest BCUT2D eigenvalue weighted by Crippen LogP contribution is 2.32. The summed E-state index contributed by atoms with van der Waals surface area (Å²) in [7, 11) is 1.74. The van der Waals surface area contributed by atoms with Gasteiger partial charge in [-0.05, 0) is 29.8 Å². The molecule has 0 atom stereocenters. The molecule has 0 saturated carbocycles. The third-order valence-corrected chi connectivity index (χ3v) is 3.41. The van der Waals surface area contributed by atoms with Gasteiger partial charge in [0, 0.05) is 19.8 Å². The number of nitrogens with one attached hydrogen (secondary N) is 1. The molecule has 1 N–H and O–H groups in total. The Balaban J connectivity index is 1.68. The van der Waals surface area contributed by atoms with Gasteiger partial charge in [-0.25, -0.2) is 0 Å². The number of amides is 1. The number of nitriles is 1. The normalized spacial score (nSPS) is 12.8. The second kappa shape index (κ2) is 6.23. The molecule has 23 heavy (non-hydrogen) atoms. The molecule has 7 heteroatoms. The molecule has 1 aliphatic rings. The molecule has 2 aromatic rings. The summed E-state index contributed by atoms with van der Waals surface area (Å²) in [6.07, 6.45) is 3.10. The monoisotopic (exact) mass is 310 g/mol. The number of ether oxygens (including phenoxy) is 2. The van der Waals surface area contributed by atoms with Crippen LogP contribution in [-0.4, -0.2) is 22.5 Å². The summed E-state index contributed by atoms with van der Waals surface area (Å²) in [5, 5.41) is 15.9. The van der Waals surface area contributed by atoms with Crippen molar-refractivity contribution >= 4 is 12.0 Å². The van der Waals surface area contributed by atoms with Gasteiger partial charge in [-0.3, -0.25) is 9.48 Å². The highest BCUT2D eigenvalue weighted by Gasteiger charge is 2.14. The van der Waals surface area contributed by atoms with Gasteiger partial charge in [0.05, 0.1) is 5.69 Å². The van der Waals surface area contributed by atoms with Gasteiger partial charge in [0.1, 0.15) is 11.6 Å². The fourth-order valence-corrected chi connectivity index (χ4v) is 2.15. The number of benzene rings is 1. The van der Waals surface area contributed by atoms with Gasteiger partial charge in [-0.2, -0.15) is 10.4 Å². The van der Waals surface area contributed by atoms with E-state index in [1.807, 2.05) is 12.1 Å². The van der Waals surface area contributed by atoms with E-state index in [0.717, 1.165) is 5.56 Å². The molecule has 1 aromatic heterocycles. The van der Waals surface area contributed by atoms with E-state index in [2.05, 4.69) is 10.4 Å². The van der Waals surface area contributed by atoms with Crippen molar-refractivity contribution in [2.75, 3.05) is 6.79 Å². The van der Waals surface area contributed by atoms with E-state index in [-0.39, 0.29) is 12.4 Å². The van der Waals surface area contributed by atoms with Gasteiger partial charge in [-0.1, -0.05) is 6.07 Å². The average molecular weight is 310 g/mol. The average Bonchev–Trinajstić information content (AvgIpc) is 3.18. The molecule has 0 spiro atoms. The molecule has 0 unspecified atom stereocenters. The van der Waals surface area contributed by atoms with Gasteiger partial charge in [0.2, 0.25) is 6.79 Å². The summed E-state index contributed by atoms with van der Waals surface area (Å²) in [5.41, 5.74) is 1.56. The summed E-state index contributed by atoms with van der Waals surface area (Å²) in [6, 6.07) is 9.07. The Morgan fingerprint density at radius 1 is 1.43 bits per heavy atom. The van der Waals surface area contributed by atoms with Crippen molar-refractivity contribution in [2.45, 2.75) is 6.54 Å². The van der Waals surface area contributed by atoms with Crippen LogP contribution < -0.4 is 14.8 Å². The highest BCUT2D eigenvalue weighted by atomic mass is 16.7. The van der Waals surface area contributed by atoms with Crippen LogP contribution in [0.2, 0.25) is 0 Å². The molecule has 3 rings (SSSR count). The minimum absolute atomic E-state index is 0.0225. The van der Waals surface area contributed by atoms with Crippen molar-refractivity contribution < 1.29 is 14.3 Å². The zero-order valence-electron chi connectivity index (χ0n) is 12.4. The van der Waals surface area contributed by atoms with Gasteiger partial charge in [0.15, 0.2) is 11.5 Å². The topological polar surface area (TPSA) is 89.2 Å². The van der Waals surface area contributed by atoms with E-state index in [1.165, 1.54) is 6.08 Å². The summed E-state index contributed by atoms with van der Waals surface area (Å²) in [6.45, 7) is 0.497. The van der Waals surface area contributed by atoms with E-state index in [4.69, 9.17) is 14.7 Å². The zero-order valence-corrected chi connectivity index (χ0v) is 12.4.